The number of carbonyl (C=O) groups is 2. The summed E-state index contributed by atoms with van der Waals surface area (Å²) in [7, 11) is 0. The molecule has 0 fully saturated rings. The Hall–Kier alpha value is -3.70. The molecule has 0 spiro atoms. The smallest absolute Gasteiger partial charge is 0.321 e. The second kappa shape index (κ2) is 10.6. The topological polar surface area (TPSA) is 174 Å². The molecule has 2 rings (SSSR count). The lowest BCUT2D eigenvalue weighted by Crippen LogP contribution is -2.38. The fourth-order valence-electron chi connectivity index (χ4n) is 2.48. The normalized spacial score (nSPS) is 12.5. The molecule has 0 radical (unpaired) electrons. The van der Waals surface area contributed by atoms with Gasteiger partial charge in [0.2, 0.25) is 11.9 Å². The van der Waals surface area contributed by atoms with Gasteiger partial charge in [0.1, 0.15) is 0 Å². The number of amides is 4. The van der Waals surface area contributed by atoms with Crippen molar-refractivity contribution in [1.29, 1.82) is 0 Å². The van der Waals surface area contributed by atoms with E-state index >= 15 is 0 Å². The molecule has 12 heteroatoms. The van der Waals surface area contributed by atoms with E-state index in [4.69, 9.17) is 0 Å². The summed E-state index contributed by atoms with van der Waals surface area (Å²) in [5.74, 6) is 0.139. The molecule has 2 atom stereocenters. The molecule has 0 bridgehead atoms. The van der Waals surface area contributed by atoms with Gasteiger partial charge in [-0.15, -0.1) is 0 Å². The molecule has 0 saturated carbocycles. The summed E-state index contributed by atoms with van der Waals surface area (Å²) in [5.41, 5.74) is -0.716. The highest BCUT2D eigenvalue weighted by Crippen LogP contribution is 2.05. The molecule has 6 N–H and O–H groups in total. The molecule has 0 aliphatic carbocycles. The van der Waals surface area contributed by atoms with Crippen LogP contribution in [0, 0.1) is 0 Å². The van der Waals surface area contributed by atoms with Crippen LogP contribution in [-0.2, 0) is 0 Å². The van der Waals surface area contributed by atoms with Crippen LogP contribution >= 0.6 is 0 Å². The van der Waals surface area contributed by atoms with Crippen molar-refractivity contribution < 1.29 is 9.59 Å². The number of H-pyrrole nitrogens is 2. The van der Waals surface area contributed by atoms with Gasteiger partial charge in [-0.2, -0.15) is 0 Å². The van der Waals surface area contributed by atoms with Gasteiger partial charge >= 0.3 is 12.1 Å². The van der Waals surface area contributed by atoms with Crippen molar-refractivity contribution >= 4 is 24.0 Å². The Balaban J connectivity index is 1.65. The largest absolute Gasteiger partial charge is 0.335 e. The van der Waals surface area contributed by atoms with Gasteiger partial charge in [-0.25, -0.2) is 19.6 Å². The number of aromatic amines is 2. The summed E-state index contributed by atoms with van der Waals surface area (Å²) in [6, 6.07) is 1.31. The average Bonchev–Trinajstić information content (AvgIpc) is 2.61. The van der Waals surface area contributed by atoms with E-state index < -0.39 is 12.1 Å². The van der Waals surface area contributed by atoms with Gasteiger partial charge in [0, 0.05) is 36.6 Å². The van der Waals surface area contributed by atoms with Gasteiger partial charge in [0.15, 0.2) is 0 Å². The number of carbonyl (C=O) groups excluding carboxylic acids is 2. The van der Waals surface area contributed by atoms with Crippen LogP contribution in [0.15, 0.2) is 34.1 Å². The van der Waals surface area contributed by atoms with Gasteiger partial charge < -0.3 is 10.6 Å². The lowest BCUT2D eigenvalue weighted by molar-refractivity contribution is 0.247. The van der Waals surface area contributed by atoms with Crippen LogP contribution < -0.4 is 32.4 Å². The first-order valence-corrected chi connectivity index (χ1v) is 9.07. The van der Waals surface area contributed by atoms with Crippen molar-refractivity contribution in [1.82, 2.24) is 30.6 Å². The monoisotopic (exact) mass is 404 g/mol. The molecule has 0 aromatic carbocycles. The highest BCUT2D eigenvalue weighted by Gasteiger charge is 2.11. The van der Waals surface area contributed by atoms with Crippen LogP contribution in [0.3, 0.4) is 0 Å². The standard InChI is InChI=1S/C17H24N8O4/c1-10(20-16(28)24-14-18-8-6-12(26)22-14)4-3-5-11(2)21-17(29)25-15-19-9-7-13(27)23-15/h6-11H,3-5H2,1-2H3,(H3,18,20,22,24,26,28)(H3,19,21,23,25,27,29)/t10-,11+. The molecular formula is C17H24N8O4. The molecule has 0 aliphatic heterocycles. The van der Waals surface area contributed by atoms with E-state index in [2.05, 4.69) is 41.2 Å². The Morgan fingerprint density at radius 3 is 1.66 bits per heavy atom. The highest BCUT2D eigenvalue weighted by atomic mass is 16.2. The van der Waals surface area contributed by atoms with Crippen LogP contribution in [-0.4, -0.2) is 44.1 Å². The van der Waals surface area contributed by atoms with Gasteiger partial charge in [-0.3, -0.25) is 30.2 Å². The Kier molecular flexibility index (Phi) is 7.88. The van der Waals surface area contributed by atoms with E-state index in [9.17, 15) is 19.2 Å². The van der Waals surface area contributed by atoms with Gasteiger partial charge in [-0.1, -0.05) is 0 Å². The van der Waals surface area contributed by atoms with Crippen LogP contribution in [0.5, 0.6) is 0 Å². The summed E-state index contributed by atoms with van der Waals surface area (Å²) in [5, 5.41) is 10.4. The Morgan fingerprint density at radius 2 is 1.28 bits per heavy atom. The fourth-order valence-corrected chi connectivity index (χ4v) is 2.48. The van der Waals surface area contributed by atoms with Crippen LogP contribution in [0.1, 0.15) is 33.1 Å². The fraction of sp³-hybridized carbons (Fsp3) is 0.412. The first-order valence-electron chi connectivity index (χ1n) is 9.07. The number of hydrogen-bond donors (Lipinski definition) is 6. The maximum absolute atomic E-state index is 11.9. The maximum Gasteiger partial charge on any atom is 0.321 e. The summed E-state index contributed by atoms with van der Waals surface area (Å²) in [4.78, 5) is 58.6. The Morgan fingerprint density at radius 1 is 0.862 bits per heavy atom. The van der Waals surface area contributed by atoms with Crippen molar-refractivity contribution in [3.8, 4) is 0 Å². The molecule has 0 aliphatic rings. The van der Waals surface area contributed by atoms with E-state index in [1.165, 1.54) is 24.5 Å². The minimum atomic E-state index is -0.471. The molecule has 4 amide bonds. The SMILES string of the molecule is C[C@H](CCC[C@H](C)NC(=O)Nc1nccc(=O)[nH]1)NC(=O)Nc1nccc(=O)[nH]1. The summed E-state index contributed by atoms with van der Waals surface area (Å²) < 4.78 is 0. The maximum atomic E-state index is 11.9. The molecular weight excluding hydrogens is 380 g/mol. The third kappa shape index (κ3) is 8.24. The summed E-state index contributed by atoms with van der Waals surface area (Å²) in [6.07, 6.45) is 4.73. The first-order chi connectivity index (χ1) is 13.8. The zero-order valence-electron chi connectivity index (χ0n) is 16.1. The van der Waals surface area contributed by atoms with Gasteiger partial charge in [0.05, 0.1) is 0 Å². The molecule has 29 heavy (non-hydrogen) atoms. The van der Waals surface area contributed by atoms with Crippen molar-refractivity contribution in [2.24, 2.45) is 0 Å². The predicted molar refractivity (Wildman–Crippen MR) is 107 cm³/mol. The first kappa shape index (κ1) is 21.6. The summed E-state index contributed by atoms with van der Waals surface area (Å²) in [6.45, 7) is 3.70. The molecule has 2 heterocycles. The quantitative estimate of drug-likeness (QED) is 0.378. The van der Waals surface area contributed by atoms with Gasteiger partial charge in [-0.05, 0) is 33.1 Å². The molecule has 12 nitrogen and oxygen atoms in total. The number of rotatable bonds is 8. The minimum Gasteiger partial charge on any atom is -0.335 e. The molecule has 156 valence electrons. The number of nitrogens with zero attached hydrogens (tertiary/aromatic N) is 2. The van der Waals surface area contributed by atoms with Crippen molar-refractivity contribution in [2.45, 2.75) is 45.2 Å². The van der Waals surface area contributed by atoms with Crippen LogP contribution in [0.2, 0.25) is 0 Å². The Labute approximate surface area is 165 Å². The van der Waals surface area contributed by atoms with Crippen molar-refractivity contribution in [3.63, 3.8) is 0 Å². The number of nitrogens with one attached hydrogen (secondary N) is 6. The second-order valence-corrected chi connectivity index (χ2v) is 6.50. The third-order valence-corrected chi connectivity index (χ3v) is 3.84. The van der Waals surface area contributed by atoms with E-state index in [0.29, 0.717) is 12.8 Å². The van der Waals surface area contributed by atoms with Crippen LogP contribution in [0.4, 0.5) is 21.5 Å². The number of anilines is 2. The highest BCUT2D eigenvalue weighted by molar-refractivity contribution is 5.87. The molecule has 0 unspecified atom stereocenters. The van der Waals surface area contributed by atoms with E-state index in [-0.39, 0.29) is 35.1 Å². The molecule has 2 aromatic heterocycles. The van der Waals surface area contributed by atoms with Crippen molar-refractivity contribution in [2.75, 3.05) is 10.6 Å². The van der Waals surface area contributed by atoms with Crippen molar-refractivity contribution in [3.05, 3.63) is 45.2 Å². The van der Waals surface area contributed by atoms with E-state index in [1.807, 2.05) is 13.8 Å². The molecule has 0 saturated heterocycles. The average molecular weight is 404 g/mol. The zero-order valence-corrected chi connectivity index (χ0v) is 16.1. The van der Waals surface area contributed by atoms with E-state index in [1.54, 1.807) is 0 Å². The van der Waals surface area contributed by atoms with E-state index in [0.717, 1.165) is 6.42 Å². The molecule has 2 aromatic rings. The second-order valence-electron chi connectivity index (χ2n) is 6.50. The third-order valence-electron chi connectivity index (χ3n) is 3.84. The number of hydrogen-bond acceptors (Lipinski definition) is 6. The number of aromatic nitrogens is 4. The number of urea groups is 2. The van der Waals surface area contributed by atoms with Gasteiger partial charge in [0.25, 0.3) is 11.1 Å². The minimum absolute atomic E-state index is 0.0697. The lowest BCUT2D eigenvalue weighted by Gasteiger charge is -2.17. The van der Waals surface area contributed by atoms with Crippen LogP contribution in [0.25, 0.3) is 0 Å². The zero-order chi connectivity index (χ0) is 21.2. The lowest BCUT2D eigenvalue weighted by atomic mass is 10.1. The summed E-state index contributed by atoms with van der Waals surface area (Å²) >= 11 is 0. The Bertz CT molecular complexity index is 866. The predicted octanol–water partition coefficient (Wildman–Crippen LogP) is 0.744.